The third-order valence-corrected chi connectivity index (χ3v) is 4.73. The molecule has 1 N–H and O–H groups in total. The molecule has 0 saturated carbocycles. The van der Waals surface area contributed by atoms with Gasteiger partial charge < -0.3 is 5.32 Å². The summed E-state index contributed by atoms with van der Waals surface area (Å²) >= 11 is 0. The Kier molecular flexibility index (Phi) is 4.91. The number of rotatable bonds is 4. The summed E-state index contributed by atoms with van der Waals surface area (Å²) in [7, 11) is -3.76. The molecule has 4 nitrogen and oxygen atoms in total. The van der Waals surface area contributed by atoms with Crippen molar-refractivity contribution in [2.45, 2.75) is 44.2 Å². The van der Waals surface area contributed by atoms with Gasteiger partial charge in [-0.15, -0.1) is 0 Å². The number of carbonyl (C=O) groups excluding carboxylic acids is 1. The number of hydrogen-bond acceptors (Lipinski definition) is 3. The molecule has 1 aromatic rings. The van der Waals surface area contributed by atoms with Crippen LogP contribution in [0.5, 0.6) is 0 Å². The standard InChI is InChI=1S/C14H20FNO3S/c1-10(13(17)16-14(2,3)4)20(18,19)9-11-7-5-6-8-12(11)15/h5-8,10H,9H2,1-4H3,(H,16,17). The van der Waals surface area contributed by atoms with Crippen LogP contribution in [0, 0.1) is 5.82 Å². The zero-order valence-corrected chi connectivity index (χ0v) is 12.9. The van der Waals surface area contributed by atoms with E-state index in [2.05, 4.69) is 5.32 Å². The average molecular weight is 301 g/mol. The number of hydrogen-bond donors (Lipinski definition) is 1. The molecule has 1 amide bonds. The van der Waals surface area contributed by atoms with E-state index in [1.807, 2.05) is 0 Å². The molecule has 0 radical (unpaired) electrons. The highest BCUT2D eigenvalue weighted by Gasteiger charge is 2.30. The van der Waals surface area contributed by atoms with Crippen molar-refractivity contribution < 1.29 is 17.6 Å². The summed E-state index contributed by atoms with van der Waals surface area (Å²) in [6.07, 6.45) is 0. The quantitative estimate of drug-likeness (QED) is 0.925. The molecule has 1 atom stereocenters. The van der Waals surface area contributed by atoms with Crippen molar-refractivity contribution in [2.75, 3.05) is 0 Å². The van der Waals surface area contributed by atoms with Crippen molar-refractivity contribution in [1.82, 2.24) is 5.32 Å². The summed E-state index contributed by atoms with van der Waals surface area (Å²) in [4.78, 5) is 11.9. The summed E-state index contributed by atoms with van der Waals surface area (Å²) in [5, 5.41) is 1.39. The van der Waals surface area contributed by atoms with Gasteiger partial charge in [0.1, 0.15) is 11.1 Å². The molecule has 6 heteroatoms. The number of amides is 1. The van der Waals surface area contributed by atoms with E-state index >= 15 is 0 Å². The van der Waals surface area contributed by atoms with Crippen molar-refractivity contribution in [3.8, 4) is 0 Å². The second-order valence-electron chi connectivity index (χ2n) is 5.78. The lowest BCUT2D eigenvalue weighted by atomic mass is 10.1. The van der Waals surface area contributed by atoms with Gasteiger partial charge in [0.05, 0.1) is 5.75 Å². The first-order valence-electron chi connectivity index (χ1n) is 6.30. The van der Waals surface area contributed by atoms with Crippen molar-refractivity contribution in [3.05, 3.63) is 35.6 Å². The summed E-state index contributed by atoms with van der Waals surface area (Å²) in [6, 6.07) is 5.65. The van der Waals surface area contributed by atoms with E-state index in [1.165, 1.54) is 25.1 Å². The molecule has 0 fully saturated rings. The third kappa shape index (κ3) is 4.59. The SMILES string of the molecule is CC(C(=O)NC(C)(C)C)S(=O)(=O)Cc1ccccc1F. The summed E-state index contributed by atoms with van der Waals surface area (Å²) in [5.41, 5.74) is -0.443. The van der Waals surface area contributed by atoms with Crippen LogP contribution in [0.4, 0.5) is 4.39 Å². The molecule has 0 bridgehead atoms. The molecule has 1 unspecified atom stereocenters. The normalized spacial score (nSPS) is 13.8. The summed E-state index contributed by atoms with van der Waals surface area (Å²) in [5.74, 6) is -1.65. The van der Waals surface area contributed by atoms with Crippen molar-refractivity contribution in [2.24, 2.45) is 0 Å². The molecule has 0 spiro atoms. The lowest BCUT2D eigenvalue weighted by Gasteiger charge is -2.23. The van der Waals surface area contributed by atoms with Gasteiger partial charge in [0.15, 0.2) is 9.84 Å². The number of carbonyl (C=O) groups is 1. The fraction of sp³-hybridized carbons (Fsp3) is 0.500. The van der Waals surface area contributed by atoms with Gasteiger partial charge in [-0.3, -0.25) is 4.79 Å². The highest BCUT2D eigenvalue weighted by molar-refractivity contribution is 7.92. The number of nitrogens with one attached hydrogen (secondary N) is 1. The van der Waals surface area contributed by atoms with Crippen LogP contribution in [0.25, 0.3) is 0 Å². The van der Waals surface area contributed by atoms with Gasteiger partial charge in [-0.25, -0.2) is 12.8 Å². The second kappa shape index (κ2) is 5.91. The largest absolute Gasteiger partial charge is 0.350 e. The topological polar surface area (TPSA) is 63.2 Å². The van der Waals surface area contributed by atoms with E-state index in [0.717, 1.165) is 0 Å². The molecule has 0 aromatic heterocycles. The van der Waals surface area contributed by atoms with Crippen LogP contribution >= 0.6 is 0 Å². The predicted octanol–water partition coefficient (Wildman–Crippen LogP) is 2.04. The summed E-state index contributed by atoms with van der Waals surface area (Å²) < 4.78 is 37.8. The lowest BCUT2D eigenvalue weighted by Crippen LogP contribution is -2.47. The van der Waals surface area contributed by atoms with Gasteiger partial charge in [0.25, 0.3) is 0 Å². The molecule has 1 aromatic carbocycles. The zero-order valence-electron chi connectivity index (χ0n) is 12.1. The third-order valence-electron chi connectivity index (χ3n) is 2.72. The fourth-order valence-corrected chi connectivity index (χ4v) is 2.89. The first kappa shape index (κ1) is 16.6. The predicted molar refractivity (Wildman–Crippen MR) is 76.4 cm³/mol. The van der Waals surface area contributed by atoms with Crippen LogP contribution in [0.2, 0.25) is 0 Å². The van der Waals surface area contributed by atoms with Gasteiger partial charge in [0, 0.05) is 11.1 Å². The molecule has 0 aliphatic heterocycles. The maximum absolute atomic E-state index is 13.5. The van der Waals surface area contributed by atoms with Gasteiger partial charge in [-0.2, -0.15) is 0 Å². The molecule has 0 aliphatic rings. The number of sulfone groups is 1. The highest BCUT2D eigenvalue weighted by Crippen LogP contribution is 2.15. The van der Waals surface area contributed by atoms with Crippen LogP contribution in [-0.2, 0) is 20.4 Å². The Labute approximate surface area is 119 Å². The van der Waals surface area contributed by atoms with Gasteiger partial charge in [-0.05, 0) is 33.8 Å². The van der Waals surface area contributed by atoms with Crippen LogP contribution in [0.1, 0.15) is 33.3 Å². The van der Waals surface area contributed by atoms with E-state index < -0.39 is 38.1 Å². The number of halogens is 1. The fourth-order valence-electron chi connectivity index (χ4n) is 1.59. The minimum atomic E-state index is -3.76. The molecule has 1 rings (SSSR count). The Hall–Kier alpha value is -1.43. The van der Waals surface area contributed by atoms with Crippen molar-refractivity contribution in [3.63, 3.8) is 0 Å². The Morgan fingerprint density at radius 1 is 1.30 bits per heavy atom. The molecular weight excluding hydrogens is 281 g/mol. The van der Waals surface area contributed by atoms with E-state index in [9.17, 15) is 17.6 Å². The molecule has 0 saturated heterocycles. The van der Waals surface area contributed by atoms with Gasteiger partial charge in [-0.1, -0.05) is 18.2 Å². The monoisotopic (exact) mass is 301 g/mol. The van der Waals surface area contributed by atoms with Crippen LogP contribution in [0.15, 0.2) is 24.3 Å². The van der Waals surface area contributed by atoms with Gasteiger partial charge in [0.2, 0.25) is 5.91 Å². The molecule has 112 valence electrons. The Morgan fingerprint density at radius 2 is 1.85 bits per heavy atom. The number of benzene rings is 1. The highest BCUT2D eigenvalue weighted by atomic mass is 32.2. The molecule has 0 heterocycles. The smallest absolute Gasteiger partial charge is 0.238 e. The average Bonchev–Trinajstić information content (AvgIpc) is 2.28. The summed E-state index contributed by atoms with van der Waals surface area (Å²) in [6.45, 7) is 6.61. The minimum absolute atomic E-state index is 0.0721. The Morgan fingerprint density at radius 3 is 2.35 bits per heavy atom. The maximum Gasteiger partial charge on any atom is 0.238 e. The van der Waals surface area contributed by atoms with Crippen LogP contribution in [-0.4, -0.2) is 25.1 Å². The second-order valence-corrected chi connectivity index (χ2v) is 8.10. The maximum atomic E-state index is 13.5. The first-order chi connectivity index (χ1) is 9.03. The molecular formula is C14H20FNO3S. The van der Waals surface area contributed by atoms with E-state index in [0.29, 0.717) is 0 Å². The van der Waals surface area contributed by atoms with E-state index in [4.69, 9.17) is 0 Å². The van der Waals surface area contributed by atoms with E-state index in [1.54, 1.807) is 26.8 Å². The minimum Gasteiger partial charge on any atom is -0.350 e. The molecule has 0 aliphatic carbocycles. The van der Waals surface area contributed by atoms with E-state index in [-0.39, 0.29) is 5.56 Å². The van der Waals surface area contributed by atoms with Gasteiger partial charge >= 0.3 is 0 Å². The van der Waals surface area contributed by atoms with Crippen molar-refractivity contribution in [1.29, 1.82) is 0 Å². The van der Waals surface area contributed by atoms with Crippen LogP contribution in [0.3, 0.4) is 0 Å². The Bertz CT molecular complexity index is 591. The lowest BCUT2D eigenvalue weighted by molar-refractivity contribution is -0.121. The zero-order chi connectivity index (χ0) is 15.6. The van der Waals surface area contributed by atoms with Crippen molar-refractivity contribution >= 4 is 15.7 Å². The van der Waals surface area contributed by atoms with Crippen LogP contribution < -0.4 is 5.32 Å². The molecule has 20 heavy (non-hydrogen) atoms. The first-order valence-corrected chi connectivity index (χ1v) is 8.01. The Balaban J connectivity index is 2.89.